The maximum Gasteiger partial charge on any atom is 0.271 e. The number of hydrogen-bond donors (Lipinski definition) is 4. The smallest absolute Gasteiger partial charge is 0.271 e. The largest absolute Gasteiger partial charge is 0.393 e. The molecule has 1 spiro atoms. The number of ether oxygens (including phenoxy) is 1. The van der Waals surface area contributed by atoms with E-state index in [2.05, 4.69) is 37.6 Å². The summed E-state index contributed by atoms with van der Waals surface area (Å²) in [5, 5.41) is 16.3. The normalized spacial score (nSPS) is 24.2. The van der Waals surface area contributed by atoms with E-state index < -0.39 is 5.91 Å². The Labute approximate surface area is 206 Å². The number of anilines is 4. The van der Waals surface area contributed by atoms with Crippen LogP contribution < -0.4 is 21.3 Å². The molecule has 9 heteroatoms. The van der Waals surface area contributed by atoms with Crippen LogP contribution in [-0.4, -0.2) is 58.4 Å². The highest BCUT2D eigenvalue weighted by Crippen LogP contribution is 2.36. The molecule has 0 bridgehead atoms. The molecule has 1 aromatic heterocycles. The van der Waals surface area contributed by atoms with Crippen LogP contribution in [0, 0.1) is 0 Å². The van der Waals surface area contributed by atoms with Gasteiger partial charge in [0, 0.05) is 37.1 Å². The second kappa shape index (κ2) is 10.4. The Morgan fingerprint density at radius 2 is 1.83 bits per heavy atom. The molecule has 1 aromatic carbocycles. The van der Waals surface area contributed by atoms with E-state index in [-0.39, 0.29) is 23.4 Å². The Morgan fingerprint density at radius 1 is 1.09 bits per heavy atom. The molecule has 1 amide bonds. The van der Waals surface area contributed by atoms with Crippen LogP contribution in [0.25, 0.3) is 0 Å². The first-order chi connectivity index (χ1) is 17.0. The summed E-state index contributed by atoms with van der Waals surface area (Å²) in [5.41, 5.74) is 7.74. The van der Waals surface area contributed by atoms with Crippen LogP contribution >= 0.6 is 0 Å². The minimum Gasteiger partial charge on any atom is -0.393 e. The number of primary amides is 1. The van der Waals surface area contributed by atoms with Gasteiger partial charge in [-0.15, -0.1) is 0 Å². The van der Waals surface area contributed by atoms with E-state index in [4.69, 9.17) is 10.5 Å². The third-order valence-electron chi connectivity index (χ3n) is 7.66. The minimum atomic E-state index is -0.629. The first-order valence-electron chi connectivity index (χ1n) is 12.9. The zero-order valence-electron chi connectivity index (χ0n) is 20.2. The Morgan fingerprint density at radius 3 is 2.49 bits per heavy atom. The standard InChI is InChI=1S/C26H36N6O3/c27-24(34)23-25(31-22(17-28-23)29-18-5-9-21(33)10-6-18)30-19-3-7-20(8-4-19)32-14-12-26(13-15-32)11-1-2-16-35-26/h3-4,7-8,17-18,21,33H,1-2,5-6,9-16H2,(H2,27,34)(H2,29,30,31)/t18-,21-. The Bertz CT molecular complexity index is 1010. The fraction of sp³-hybridized carbons (Fsp3) is 0.577. The third-order valence-corrected chi connectivity index (χ3v) is 7.66. The molecule has 2 aromatic rings. The highest BCUT2D eigenvalue weighted by molar-refractivity contribution is 5.96. The molecule has 9 nitrogen and oxygen atoms in total. The fourth-order valence-electron chi connectivity index (χ4n) is 5.52. The molecular weight excluding hydrogens is 444 g/mol. The van der Waals surface area contributed by atoms with E-state index >= 15 is 0 Å². The molecule has 3 heterocycles. The molecule has 3 aliphatic rings. The van der Waals surface area contributed by atoms with Crippen molar-refractivity contribution in [3.05, 3.63) is 36.2 Å². The van der Waals surface area contributed by atoms with Crippen molar-refractivity contribution in [3.63, 3.8) is 0 Å². The van der Waals surface area contributed by atoms with Gasteiger partial charge in [0.25, 0.3) is 5.91 Å². The number of carbonyl (C=O) groups is 1. The summed E-state index contributed by atoms with van der Waals surface area (Å²) in [7, 11) is 0. The number of amides is 1. The summed E-state index contributed by atoms with van der Waals surface area (Å²) in [6, 6.07) is 8.39. The number of hydrogen-bond acceptors (Lipinski definition) is 8. The van der Waals surface area contributed by atoms with Crippen molar-refractivity contribution in [1.82, 2.24) is 9.97 Å². The molecule has 5 N–H and O–H groups in total. The lowest BCUT2D eigenvalue weighted by molar-refractivity contribution is -0.0920. The lowest BCUT2D eigenvalue weighted by Gasteiger charge is -2.44. The molecule has 2 saturated heterocycles. The average Bonchev–Trinajstić information content (AvgIpc) is 2.87. The van der Waals surface area contributed by atoms with Gasteiger partial charge in [-0.25, -0.2) is 9.97 Å². The Hall–Kier alpha value is -2.91. The van der Waals surface area contributed by atoms with Gasteiger partial charge in [0.1, 0.15) is 5.82 Å². The van der Waals surface area contributed by atoms with Gasteiger partial charge in [-0.2, -0.15) is 0 Å². The number of benzene rings is 1. The molecule has 1 saturated carbocycles. The third kappa shape index (κ3) is 5.67. The Balaban J connectivity index is 1.24. The predicted octanol–water partition coefficient (Wildman–Crippen LogP) is 3.57. The van der Waals surface area contributed by atoms with Crippen LogP contribution in [0.5, 0.6) is 0 Å². The summed E-state index contributed by atoms with van der Waals surface area (Å²) in [6.07, 6.45) is 10.4. The van der Waals surface area contributed by atoms with Crippen molar-refractivity contribution < 1.29 is 14.6 Å². The van der Waals surface area contributed by atoms with Crippen molar-refractivity contribution >= 4 is 28.9 Å². The first kappa shape index (κ1) is 23.8. The minimum absolute atomic E-state index is 0.0938. The molecule has 0 unspecified atom stereocenters. The van der Waals surface area contributed by atoms with E-state index in [0.717, 1.165) is 63.9 Å². The molecule has 0 atom stereocenters. The van der Waals surface area contributed by atoms with Crippen molar-refractivity contribution in [3.8, 4) is 0 Å². The molecule has 35 heavy (non-hydrogen) atoms. The molecule has 2 aliphatic heterocycles. The van der Waals surface area contributed by atoms with E-state index in [9.17, 15) is 9.90 Å². The van der Waals surface area contributed by atoms with Crippen molar-refractivity contribution in [2.45, 2.75) is 75.5 Å². The van der Waals surface area contributed by atoms with Gasteiger partial charge in [-0.1, -0.05) is 0 Å². The van der Waals surface area contributed by atoms with E-state index in [1.807, 2.05) is 12.1 Å². The highest BCUT2D eigenvalue weighted by atomic mass is 16.5. The number of rotatable bonds is 6. The van der Waals surface area contributed by atoms with Crippen LogP contribution in [0.3, 0.4) is 0 Å². The van der Waals surface area contributed by atoms with Crippen molar-refractivity contribution in [2.75, 3.05) is 35.2 Å². The first-order valence-corrected chi connectivity index (χ1v) is 12.9. The maximum atomic E-state index is 12.0. The quantitative estimate of drug-likeness (QED) is 0.494. The average molecular weight is 481 g/mol. The van der Waals surface area contributed by atoms with Crippen LogP contribution in [0.15, 0.2) is 30.5 Å². The number of nitrogens with two attached hydrogens (primary N) is 1. The zero-order chi connectivity index (χ0) is 24.3. The van der Waals surface area contributed by atoms with Crippen LogP contribution in [0.1, 0.15) is 68.3 Å². The zero-order valence-corrected chi connectivity index (χ0v) is 20.2. The van der Waals surface area contributed by atoms with Gasteiger partial charge < -0.3 is 31.1 Å². The van der Waals surface area contributed by atoms with Gasteiger partial charge in [0.05, 0.1) is 17.9 Å². The molecular formula is C26H36N6O3. The van der Waals surface area contributed by atoms with Gasteiger partial charge in [-0.3, -0.25) is 4.79 Å². The lowest BCUT2D eigenvalue weighted by atomic mass is 9.84. The number of piperidine rings is 1. The topological polar surface area (TPSA) is 126 Å². The number of aromatic nitrogens is 2. The van der Waals surface area contributed by atoms with Gasteiger partial charge in [-0.05, 0) is 82.1 Å². The van der Waals surface area contributed by atoms with E-state index in [1.165, 1.54) is 24.9 Å². The molecule has 1 aliphatic carbocycles. The molecule has 5 rings (SSSR count). The number of nitrogens with one attached hydrogen (secondary N) is 2. The van der Waals surface area contributed by atoms with Gasteiger partial charge >= 0.3 is 0 Å². The van der Waals surface area contributed by atoms with Gasteiger partial charge in [0.15, 0.2) is 11.5 Å². The summed E-state index contributed by atoms with van der Waals surface area (Å²) in [6.45, 7) is 2.89. The monoisotopic (exact) mass is 480 g/mol. The fourth-order valence-corrected chi connectivity index (χ4v) is 5.52. The summed E-state index contributed by atoms with van der Waals surface area (Å²) < 4.78 is 6.17. The van der Waals surface area contributed by atoms with Crippen molar-refractivity contribution in [2.24, 2.45) is 5.73 Å². The number of carbonyl (C=O) groups excluding carboxylic acids is 1. The number of aliphatic hydroxyl groups excluding tert-OH is 1. The molecule has 3 fully saturated rings. The Kier molecular flexibility index (Phi) is 7.06. The molecule has 188 valence electrons. The summed E-state index contributed by atoms with van der Waals surface area (Å²) in [5.74, 6) is 0.291. The number of aliphatic hydroxyl groups is 1. The SMILES string of the molecule is NC(=O)c1ncc(N[C@H]2CC[C@H](O)CC2)nc1Nc1ccc(N2CCC3(CCCCO3)CC2)cc1. The van der Waals surface area contributed by atoms with Crippen LogP contribution in [-0.2, 0) is 4.74 Å². The van der Waals surface area contributed by atoms with E-state index in [0.29, 0.717) is 11.6 Å². The van der Waals surface area contributed by atoms with Crippen LogP contribution in [0.4, 0.5) is 23.0 Å². The predicted molar refractivity (Wildman–Crippen MR) is 136 cm³/mol. The van der Waals surface area contributed by atoms with Gasteiger partial charge in [0.2, 0.25) is 0 Å². The van der Waals surface area contributed by atoms with E-state index in [1.54, 1.807) is 6.20 Å². The van der Waals surface area contributed by atoms with Crippen molar-refractivity contribution in [1.29, 1.82) is 0 Å². The lowest BCUT2D eigenvalue weighted by Crippen LogP contribution is -2.47. The second-order valence-corrected chi connectivity index (χ2v) is 10.1. The second-order valence-electron chi connectivity index (χ2n) is 10.1. The van der Waals surface area contributed by atoms with Crippen LogP contribution in [0.2, 0.25) is 0 Å². The summed E-state index contributed by atoms with van der Waals surface area (Å²) >= 11 is 0. The molecule has 0 radical (unpaired) electrons. The summed E-state index contributed by atoms with van der Waals surface area (Å²) in [4.78, 5) is 23.2. The maximum absolute atomic E-state index is 12.0. The number of nitrogens with zero attached hydrogens (tertiary/aromatic N) is 3. The highest BCUT2D eigenvalue weighted by Gasteiger charge is 2.36.